The molecule has 63 heavy (non-hydrogen) atoms. The van der Waals surface area contributed by atoms with Crippen LogP contribution in [0.15, 0.2) is 195 Å². The molecule has 4 heteroatoms. The van der Waals surface area contributed by atoms with Crippen LogP contribution in [0.5, 0.6) is 0 Å². The fraction of sp³-hybridized carbons (Fsp3) is 0.136. The fourth-order valence-corrected chi connectivity index (χ4v) is 8.44. The molecule has 9 rings (SSSR count). The predicted molar refractivity (Wildman–Crippen MR) is 267 cm³/mol. The Kier molecular flexibility index (Phi) is 10.7. The average Bonchev–Trinajstić information content (AvgIpc) is 3.63. The molecule has 0 aliphatic carbocycles. The van der Waals surface area contributed by atoms with Crippen LogP contribution in [-0.4, -0.2) is 19.5 Å². The second-order valence-corrected chi connectivity index (χ2v) is 18.3. The molecule has 0 amide bonds. The molecule has 0 fully saturated rings. The molecule has 0 spiro atoms. The second-order valence-electron chi connectivity index (χ2n) is 18.3. The van der Waals surface area contributed by atoms with Crippen LogP contribution in [0.25, 0.3) is 89.2 Å². The molecule has 0 N–H and O–H groups in total. The van der Waals surface area contributed by atoms with E-state index in [1.807, 2.05) is 12.1 Å². The molecule has 4 nitrogen and oxygen atoms in total. The smallest absolute Gasteiger partial charge is 0.164 e. The van der Waals surface area contributed by atoms with Crippen molar-refractivity contribution in [1.29, 1.82) is 0 Å². The van der Waals surface area contributed by atoms with Crippen LogP contribution < -0.4 is 0 Å². The van der Waals surface area contributed by atoms with Gasteiger partial charge >= 0.3 is 0 Å². The first-order valence-corrected chi connectivity index (χ1v) is 21.7. The summed E-state index contributed by atoms with van der Waals surface area (Å²) in [5.41, 5.74) is 15.1. The Labute approximate surface area is 371 Å². The zero-order chi connectivity index (χ0) is 43.9. The Morgan fingerprint density at radius 2 is 0.889 bits per heavy atom. The second kappa shape index (κ2) is 16.4. The lowest BCUT2D eigenvalue weighted by molar-refractivity contribution is 0.590. The zero-order valence-electron chi connectivity index (χ0n) is 37.0. The first-order chi connectivity index (χ1) is 30.4. The maximum Gasteiger partial charge on any atom is 0.164 e. The predicted octanol–water partition coefficient (Wildman–Crippen LogP) is 15.7. The van der Waals surface area contributed by atoms with Gasteiger partial charge in [-0.15, -0.1) is 0 Å². The molecule has 0 saturated carbocycles. The fourth-order valence-electron chi connectivity index (χ4n) is 8.44. The van der Waals surface area contributed by atoms with Gasteiger partial charge in [-0.1, -0.05) is 200 Å². The van der Waals surface area contributed by atoms with Crippen LogP contribution in [0.1, 0.15) is 58.5 Å². The summed E-state index contributed by atoms with van der Waals surface area (Å²) in [5.74, 6) is 1.66. The molecule has 0 aliphatic rings. The van der Waals surface area contributed by atoms with Crippen molar-refractivity contribution in [2.75, 3.05) is 0 Å². The lowest BCUT2D eigenvalue weighted by atomic mass is 9.85. The van der Waals surface area contributed by atoms with Gasteiger partial charge in [-0.3, -0.25) is 0 Å². The highest BCUT2D eigenvalue weighted by Gasteiger charge is 2.25. The van der Waals surface area contributed by atoms with Crippen LogP contribution >= 0.6 is 0 Å². The Hall–Kier alpha value is -7.43. The Bertz CT molecular complexity index is 3050. The molecule has 2 aromatic heterocycles. The minimum atomic E-state index is -0.0190. The van der Waals surface area contributed by atoms with E-state index in [1.54, 1.807) is 12.2 Å². The third kappa shape index (κ3) is 7.97. The number of allylic oxidation sites excluding steroid dienone is 4. The Balaban J connectivity index is 1.36. The van der Waals surface area contributed by atoms with Gasteiger partial charge in [0, 0.05) is 38.6 Å². The molecule has 0 unspecified atom stereocenters. The van der Waals surface area contributed by atoms with E-state index < -0.39 is 0 Å². The van der Waals surface area contributed by atoms with Crippen LogP contribution in [0.3, 0.4) is 0 Å². The van der Waals surface area contributed by atoms with Gasteiger partial charge in [0.05, 0.1) is 16.7 Å². The van der Waals surface area contributed by atoms with E-state index in [4.69, 9.17) is 15.0 Å². The quantitative estimate of drug-likeness (QED) is 0.136. The number of benzene rings is 7. The van der Waals surface area contributed by atoms with Crippen molar-refractivity contribution < 1.29 is 0 Å². The van der Waals surface area contributed by atoms with Gasteiger partial charge in [0.1, 0.15) is 0 Å². The number of hydrogen-bond donors (Lipinski definition) is 0. The summed E-state index contributed by atoms with van der Waals surface area (Å²) in [7, 11) is 0. The SMILES string of the molecule is C=C/C=C(\C=C)c1nc(-c2ccc(-c3ccccc3)cc2)nc(-c2cc(-c3ccccc3)c(-n3c4ccc(C(C)(C)C)cc4c4cc(C(C)(C)C)ccc43)c(-c3ccccc3)c2)n1. The molecule has 308 valence electrons. The number of aromatic nitrogens is 4. The van der Waals surface area contributed by atoms with E-state index in [0.29, 0.717) is 17.5 Å². The summed E-state index contributed by atoms with van der Waals surface area (Å²) in [6, 6.07) is 58.8. The molecule has 0 aliphatic heterocycles. The lowest BCUT2D eigenvalue weighted by Crippen LogP contribution is -2.10. The number of hydrogen-bond acceptors (Lipinski definition) is 3. The van der Waals surface area contributed by atoms with E-state index in [-0.39, 0.29) is 10.8 Å². The third-order valence-electron chi connectivity index (χ3n) is 11.9. The Morgan fingerprint density at radius 1 is 0.460 bits per heavy atom. The maximum absolute atomic E-state index is 5.26. The van der Waals surface area contributed by atoms with Gasteiger partial charge in [-0.05, 0) is 80.6 Å². The molecule has 0 saturated heterocycles. The van der Waals surface area contributed by atoms with E-state index in [1.165, 1.54) is 21.9 Å². The van der Waals surface area contributed by atoms with Crippen LogP contribution in [-0.2, 0) is 10.8 Å². The highest BCUT2D eigenvalue weighted by Crippen LogP contribution is 2.45. The van der Waals surface area contributed by atoms with Crippen molar-refractivity contribution in [1.82, 2.24) is 19.5 Å². The van der Waals surface area contributed by atoms with Crippen molar-refractivity contribution in [3.63, 3.8) is 0 Å². The maximum atomic E-state index is 5.26. The summed E-state index contributed by atoms with van der Waals surface area (Å²) < 4.78 is 2.49. The number of nitrogens with zero attached hydrogens (tertiary/aromatic N) is 4. The largest absolute Gasteiger partial charge is 0.308 e. The average molecular weight is 817 g/mol. The lowest BCUT2D eigenvalue weighted by Gasteiger charge is -2.22. The summed E-state index contributed by atoms with van der Waals surface area (Å²) in [6.07, 6.45) is 5.40. The highest BCUT2D eigenvalue weighted by molar-refractivity contribution is 6.11. The first-order valence-electron chi connectivity index (χ1n) is 21.7. The van der Waals surface area contributed by atoms with Gasteiger partial charge in [-0.2, -0.15) is 0 Å². The topological polar surface area (TPSA) is 43.6 Å². The van der Waals surface area contributed by atoms with Gasteiger partial charge in [0.2, 0.25) is 0 Å². The van der Waals surface area contributed by atoms with Crippen LogP contribution in [0.2, 0.25) is 0 Å². The molecule has 0 atom stereocenters. The summed E-state index contributed by atoms with van der Waals surface area (Å²) >= 11 is 0. The van der Waals surface area contributed by atoms with Crippen LogP contribution in [0.4, 0.5) is 0 Å². The molecule has 0 radical (unpaired) electrons. The van der Waals surface area contributed by atoms with Crippen molar-refractivity contribution in [3.05, 3.63) is 212 Å². The summed E-state index contributed by atoms with van der Waals surface area (Å²) in [5, 5.41) is 2.48. The van der Waals surface area contributed by atoms with Crippen molar-refractivity contribution in [3.8, 4) is 61.8 Å². The van der Waals surface area contributed by atoms with Gasteiger partial charge in [-0.25, -0.2) is 15.0 Å². The van der Waals surface area contributed by atoms with Gasteiger partial charge in [0.25, 0.3) is 0 Å². The van der Waals surface area contributed by atoms with Crippen molar-refractivity contribution >= 4 is 27.4 Å². The first kappa shape index (κ1) is 40.9. The molecule has 7 aromatic carbocycles. The molecular weight excluding hydrogens is 765 g/mol. The highest BCUT2D eigenvalue weighted by atomic mass is 15.0. The minimum absolute atomic E-state index is 0.0190. The van der Waals surface area contributed by atoms with Crippen molar-refractivity contribution in [2.24, 2.45) is 0 Å². The normalized spacial score (nSPS) is 12.2. The zero-order valence-corrected chi connectivity index (χ0v) is 37.0. The number of fused-ring (bicyclic) bond motifs is 3. The van der Waals surface area contributed by atoms with E-state index >= 15 is 0 Å². The van der Waals surface area contributed by atoms with E-state index in [9.17, 15) is 0 Å². The molecular formula is C59H52N4. The summed E-state index contributed by atoms with van der Waals surface area (Å²) in [6.45, 7) is 21.8. The van der Waals surface area contributed by atoms with Gasteiger partial charge in [0.15, 0.2) is 17.5 Å². The molecule has 9 aromatic rings. The van der Waals surface area contributed by atoms with E-state index in [2.05, 4.69) is 217 Å². The minimum Gasteiger partial charge on any atom is -0.308 e. The molecule has 2 heterocycles. The monoisotopic (exact) mass is 816 g/mol. The van der Waals surface area contributed by atoms with Crippen molar-refractivity contribution in [2.45, 2.75) is 52.4 Å². The number of rotatable bonds is 9. The standard InChI is InChI=1S/C59H52N4/c1-9-20-39(10-2)55-60-56(44-29-27-41(28-30-44)40-21-14-11-15-22-40)62-57(61-55)45-35-48(42-23-16-12-17-24-42)54(49(36-45)43-25-18-13-19-26-43)63-52-33-31-46(58(3,4)5)37-50(52)51-38-47(59(6,7)8)32-34-53(51)63/h9-38H,1-2H2,3-8H3/b39-20+. The summed E-state index contributed by atoms with van der Waals surface area (Å²) in [4.78, 5) is 15.5. The van der Waals surface area contributed by atoms with E-state index in [0.717, 1.165) is 66.8 Å². The third-order valence-corrected chi connectivity index (χ3v) is 11.9. The van der Waals surface area contributed by atoms with Gasteiger partial charge < -0.3 is 4.57 Å². The molecule has 0 bridgehead atoms. The Morgan fingerprint density at radius 3 is 1.33 bits per heavy atom. The van der Waals surface area contributed by atoms with Crippen LogP contribution in [0, 0.1) is 0 Å².